The van der Waals surface area contributed by atoms with Crippen LogP contribution in [-0.2, 0) is 39.2 Å². The van der Waals surface area contributed by atoms with Gasteiger partial charge in [0.25, 0.3) is 0 Å². The molecule has 0 saturated carbocycles. The molecule has 0 bridgehead atoms. The van der Waals surface area contributed by atoms with Gasteiger partial charge in [-0.1, -0.05) is 5.92 Å². The second-order valence-electron chi connectivity index (χ2n) is 9.19. The lowest BCUT2D eigenvalue weighted by molar-refractivity contribution is -0.287. The number of anilines is 1. The summed E-state index contributed by atoms with van der Waals surface area (Å²) in [7, 11) is -5.51. The maximum absolute atomic E-state index is 13.9. The molecule has 0 spiro atoms. The summed E-state index contributed by atoms with van der Waals surface area (Å²) in [4.78, 5) is 32.5. The van der Waals surface area contributed by atoms with Crippen molar-refractivity contribution in [1.29, 1.82) is 0 Å². The highest BCUT2D eigenvalue weighted by Gasteiger charge is 2.55. The zero-order chi connectivity index (χ0) is 31.2. The van der Waals surface area contributed by atoms with Crippen molar-refractivity contribution >= 4 is 43.3 Å². The number of nitrogens with zero attached hydrogens (tertiary/aromatic N) is 4. The van der Waals surface area contributed by atoms with Gasteiger partial charge in [0.15, 0.2) is 35.7 Å². The van der Waals surface area contributed by atoms with E-state index in [9.17, 15) is 39.2 Å². The fourth-order valence-electron chi connectivity index (χ4n) is 4.27. The minimum Gasteiger partial charge on any atom is -0.393 e. The molecule has 4 rings (SSSR count). The Morgan fingerprint density at radius 1 is 1.21 bits per heavy atom. The Balaban J connectivity index is 1.44. The van der Waals surface area contributed by atoms with Gasteiger partial charge in [-0.05, 0) is 11.8 Å². The number of nitrogen functional groups attached to an aromatic ring is 1. The van der Waals surface area contributed by atoms with Crippen molar-refractivity contribution in [3.05, 3.63) is 12.7 Å². The molecule has 4 heterocycles. The van der Waals surface area contributed by atoms with E-state index < -0.39 is 88.6 Å². The Labute approximate surface area is 240 Å². The molecule has 2 aliphatic heterocycles. The van der Waals surface area contributed by atoms with Crippen molar-refractivity contribution in [1.82, 2.24) is 19.5 Å². The first-order valence-electron chi connectivity index (χ1n) is 11.7. The van der Waals surface area contributed by atoms with E-state index >= 15 is 0 Å². The van der Waals surface area contributed by atoms with Gasteiger partial charge in [0, 0.05) is 0 Å². The summed E-state index contributed by atoms with van der Waals surface area (Å²) in [6.07, 6.45) is -9.37. The number of aromatic nitrogens is 4. The Morgan fingerprint density at radius 3 is 2.55 bits per heavy atom. The Kier molecular flexibility index (Phi) is 9.69. The number of ether oxygens (including phenoxy) is 2. The number of terminal acetylenes is 1. The van der Waals surface area contributed by atoms with Gasteiger partial charge in [-0.2, -0.15) is 0 Å². The summed E-state index contributed by atoms with van der Waals surface area (Å²) < 4.78 is 52.5. The van der Waals surface area contributed by atoms with E-state index in [1.165, 1.54) is 10.9 Å². The van der Waals surface area contributed by atoms with Crippen LogP contribution in [0, 0.1) is 12.3 Å². The van der Waals surface area contributed by atoms with Crippen molar-refractivity contribution < 1.29 is 67.1 Å². The van der Waals surface area contributed by atoms with E-state index in [1.54, 1.807) is 0 Å². The van der Waals surface area contributed by atoms with Gasteiger partial charge in [-0.15, -0.1) is 6.42 Å². The highest BCUT2D eigenvalue weighted by molar-refractivity contribution is 8.08. The zero-order valence-electron chi connectivity index (χ0n) is 21.0. The Hall–Kier alpha value is -1.80. The molecule has 12 atom stereocenters. The number of rotatable bonds is 10. The first kappa shape index (κ1) is 33.1. The van der Waals surface area contributed by atoms with Crippen molar-refractivity contribution in [2.45, 2.75) is 60.9 Å². The lowest BCUT2D eigenvalue weighted by Crippen LogP contribution is -2.60. The zero-order valence-corrected chi connectivity index (χ0v) is 23.7. The third-order valence-corrected chi connectivity index (χ3v) is 9.94. The van der Waals surface area contributed by atoms with Crippen molar-refractivity contribution in [3.63, 3.8) is 0 Å². The molecule has 2 saturated heterocycles. The third kappa shape index (κ3) is 6.36. The molecule has 2 fully saturated rings. The summed E-state index contributed by atoms with van der Waals surface area (Å²) in [6.45, 7) is -6.70. The molecule has 234 valence electrons. The number of aliphatic hydroxyl groups is 5. The van der Waals surface area contributed by atoms with Crippen molar-refractivity contribution in [2.24, 2.45) is 5.73 Å². The van der Waals surface area contributed by atoms with Gasteiger partial charge < -0.3 is 60.8 Å². The first-order chi connectivity index (χ1) is 19.5. The second-order valence-corrected chi connectivity index (χ2v) is 13.6. The van der Waals surface area contributed by atoms with Crippen LogP contribution in [0.15, 0.2) is 12.7 Å². The average molecular weight is 660 g/mol. The number of phosphoric ester groups is 1. The molecule has 7 unspecified atom stereocenters. The van der Waals surface area contributed by atoms with Crippen LogP contribution >= 0.6 is 14.5 Å². The van der Waals surface area contributed by atoms with E-state index in [0.717, 1.165) is 6.33 Å². The molecule has 0 aliphatic carbocycles. The molecule has 2 aliphatic rings. The fourth-order valence-corrected chi connectivity index (χ4v) is 7.37. The maximum atomic E-state index is 13.9. The highest BCUT2D eigenvalue weighted by atomic mass is 32.5. The van der Waals surface area contributed by atoms with Crippen molar-refractivity contribution in [3.8, 4) is 12.3 Å². The van der Waals surface area contributed by atoms with Gasteiger partial charge in [0.1, 0.15) is 48.5 Å². The second kappa shape index (κ2) is 12.3. The number of aliphatic hydroxyl groups excluding tert-OH is 5. The van der Waals surface area contributed by atoms with E-state index in [2.05, 4.69) is 29.7 Å². The predicted molar refractivity (Wildman–Crippen MR) is 139 cm³/mol. The number of alkyl halides is 1. The molecule has 42 heavy (non-hydrogen) atoms. The largest absolute Gasteiger partial charge is 0.481 e. The minimum atomic E-state index is -5.51. The summed E-state index contributed by atoms with van der Waals surface area (Å²) >= 11 is 4.73. The van der Waals surface area contributed by atoms with Gasteiger partial charge in [0.05, 0.1) is 19.5 Å². The van der Waals surface area contributed by atoms with Crippen LogP contribution in [-0.4, -0.2) is 123 Å². The Bertz CT molecular complexity index is 1440. The molecule has 2 aromatic rings. The molecule has 0 amide bonds. The van der Waals surface area contributed by atoms with E-state index in [1.807, 2.05) is 0 Å². The SMILES string of the molecule is C#C[C@@]1(N)[C@H](O)[C@@H](COP(O)(=S)OP(=O)(O)OC2OC([C@@H](F)CO)C(O)C(O)C2O)O[C@H]1n1cnc2c(N)ncnc21. The Morgan fingerprint density at radius 2 is 1.90 bits per heavy atom. The van der Waals surface area contributed by atoms with Crippen molar-refractivity contribution in [2.75, 3.05) is 18.9 Å². The van der Waals surface area contributed by atoms with Gasteiger partial charge in [-0.25, -0.2) is 28.2 Å². The summed E-state index contributed by atoms with van der Waals surface area (Å²) in [5, 5.41) is 49.6. The fraction of sp³-hybridized carbons (Fsp3) is 0.632. The first-order valence-corrected chi connectivity index (χ1v) is 15.8. The number of phosphoric acid groups is 1. The number of nitrogens with two attached hydrogens (primary N) is 2. The predicted octanol–water partition coefficient (Wildman–Crippen LogP) is -3.50. The number of hydrogen-bond donors (Lipinski definition) is 9. The van der Waals surface area contributed by atoms with Crippen LogP contribution in [0.5, 0.6) is 0 Å². The molecule has 2 aromatic heterocycles. The molecule has 19 nitrogen and oxygen atoms in total. The quantitative estimate of drug-likeness (QED) is 0.0882. The number of hydrogen-bond acceptors (Lipinski definition) is 17. The third-order valence-electron chi connectivity index (χ3n) is 6.43. The molecular weight excluding hydrogens is 633 g/mol. The lowest BCUT2D eigenvalue weighted by atomic mass is 9.92. The van der Waals surface area contributed by atoms with Gasteiger partial charge in [0.2, 0.25) is 0 Å². The topological polar surface area (TPSA) is 300 Å². The van der Waals surface area contributed by atoms with E-state index in [4.69, 9.17) is 48.8 Å². The molecule has 23 heteroatoms. The van der Waals surface area contributed by atoms with Gasteiger partial charge in [-0.3, -0.25) is 9.09 Å². The standard InChI is InChI=1S/C19H27FN6O13P2S/c1-2-19(22)14(31)8(36-18(19)26-6-25-9-15(21)23-5-24-16(9)26)4-35-41(34,42)39-40(32,33)38-17-12(30)10(28)11(29)13(37-17)7(20)3-27/h1,5-8,10-14,17-18,27-31H,3-4,22H2,(H,32,33)(H,34,42)(H2,21,23,24)/t7-,8+,10?,11?,12?,13?,14+,17?,18+,19+,41?/m0/s1. The number of imidazole rings is 1. The van der Waals surface area contributed by atoms with Crippen LogP contribution in [0.25, 0.3) is 11.2 Å². The van der Waals surface area contributed by atoms with Crippen LogP contribution in [0.3, 0.4) is 0 Å². The molecule has 11 N–H and O–H groups in total. The molecule has 0 aromatic carbocycles. The maximum Gasteiger partial charge on any atom is 0.481 e. The van der Waals surface area contributed by atoms with Crippen LogP contribution in [0.1, 0.15) is 6.23 Å². The summed E-state index contributed by atoms with van der Waals surface area (Å²) in [5.74, 6) is 2.28. The molecular formula is C19H27FN6O13P2S. The van der Waals surface area contributed by atoms with Crippen LogP contribution in [0.2, 0.25) is 0 Å². The number of halogens is 1. The van der Waals surface area contributed by atoms with Crippen LogP contribution < -0.4 is 11.5 Å². The van der Waals surface area contributed by atoms with E-state index in [0.29, 0.717) is 0 Å². The summed E-state index contributed by atoms with van der Waals surface area (Å²) in [6, 6.07) is 0. The monoisotopic (exact) mass is 660 g/mol. The van der Waals surface area contributed by atoms with Crippen LogP contribution in [0.4, 0.5) is 10.2 Å². The average Bonchev–Trinajstić information content (AvgIpc) is 3.46. The number of fused-ring (bicyclic) bond motifs is 1. The normalized spacial score (nSPS) is 37.1. The smallest absolute Gasteiger partial charge is 0.393 e. The lowest BCUT2D eigenvalue weighted by Gasteiger charge is -2.41. The summed E-state index contributed by atoms with van der Waals surface area (Å²) in [5.41, 5.74) is 10.5. The highest BCUT2D eigenvalue weighted by Crippen LogP contribution is 2.62. The van der Waals surface area contributed by atoms with Gasteiger partial charge >= 0.3 is 14.5 Å². The van der Waals surface area contributed by atoms with E-state index in [-0.39, 0.29) is 17.0 Å². The molecule has 0 radical (unpaired) electrons. The minimum absolute atomic E-state index is 0.0412.